The molecule has 1 fully saturated rings. The van der Waals surface area contributed by atoms with Crippen molar-refractivity contribution < 1.29 is 22.4 Å². The van der Waals surface area contributed by atoms with Crippen molar-refractivity contribution in [2.45, 2.75) is 36.4 Å². The fraction of sp³-hybridized carbons (Fsp3) is 0.280. The first-order chi connectivity index (χ1) is 19.7. The third-order valence-electron chi connectivity index (χ3n) is 6.12. The van der Waals surface area contributed by atoms with Gasteiger partial charge in [-0.25, -0.2) is 12.8 Å². The summed E-state index contributed by atoms with van der Waals surface area (Å²) < 4.78 is 42.2. The Labute approximate surface area is 243 Å². The van der Waals surface area contributed by atoms with Crippen LogP contribution in [-0.4, -0.2) is 68.3 Å². The van der Waals surface area contributed by atoms with E-state index in [2.05, 4.69) is 31.0 Å². The maximum absolute atomic E-state index is 13.6. The lowest BCUT2D eigenvalue weighted by Crippen LogP contribution is -2.28. The number of amides is 2. The summed E-state index contributed by atoms with van der Waals surface area (Å²) in [5.74, 6) is -0.833. The van der Waals surface area contributed by atoms with Crippen molar-refractivity contribution in [3.8, 4) is 5.69 Å². The Bertz CT molecular complexity index is 1650. The predicted molar refractivity (Wildman–Crippen MR) is 151 cm³/mol. The number of benzene rings is 2. The zero-order valence-corrected chi connectivity index (χ0v) is 24.2. The van der Waals surface area contributed by atoms with Gasteiger partial charge in [-0.15, -0.1) is 20.4 Å². The first-order valence-corrected chi connectivity index (χ1v) is 15.8. The van der Waals surface area contributed by atoms with Crippen molar-refractivity contribution >= 4 is 50.1 Å². The molecule has 4 aromatic rings. The average molecular weight is 617 g/mol. The number of rotatable bonds is 10. The molecule has 5 rings (SSSR count). The van der Waals surface area contributed by atoms with Gasteiger partial charge >= 0.3 is 0 Å². The topological polar surface area (TPSA) is 152 Å². The summed E-state index contributed by atoms with van der Waals surface area (Å²) in [6.07, 6.45) is 1.67. The van der Waals surface area contributed by atoms with Crippen molar-refractivity contribution in [3.05, 3.63) is 70.7 Å². The molecule has 0 atom stereocenters. The number of nitrogens with zero attached hydrogens (tertiary/aromatic N) is 6. The number of aromatic nitrogens is 5. The molecule has 16 heteroatoms. The normalized spacial score (nSPS) is 13.8. The van der Waals surface area contributed by atoms with Crippen LogP contribution in [0.25, 0.3) is 5.69 Å². The first kappa shape index (κ1) is 28.8. The Hall–Kier alpha value is -3.73. The van der Waals surface area contributed by atoms with Crippen molar-refractivity contribution in [3.63, 3.8) is 0 Å². The number of anilines is 1. The highest BCUT2D eigenvalue weighted by atomic mass is 32.2. The third-order valence-corrected chi connectivity index (χ3v) is 9.71. The van der Waals surface area contributed by atoms with Crippen LogP contribution in [0, 0.1) is 12.7 Å². The van der Waals surface area contributed by atoms with Gasteiger partial charge in [0.2, 0.25) is 21.1 Å². The smallest absolute Gasteiger partial charge is 0.251 e. The summed E-state index contributed by atoms with van der Waals surface area (Å²) in [6.45, 7) is 2.73. The van der Waals surface area contributed by atoms with Crippen LogP contribution in [0.2, 0.25) is 0 Å². The van der Waals surface area contributed by atoms with E-state index in [9.17, 15) is 22.4 Å². The minimum Gasteiger partial charge on any atom is -0.345 e. The molecule has 2 N–H and O–H groups in total. The van der Waals surface area contributed by atoms with Gasteiger partial charge < -0.3 is 5.32 Å². The number of nitrogens with one attached hydrogen (secondary N) is 2. The lowest BCUT2D eigenvalue weighted by atomic mass is 10.2. The molecule has 2 aromatic carbocycles. The average Bonchev–Trinajstić information content (AvgIpc) is 3.73. The number of halogens is 1. The lowest BCUT2D eigenvalue weighted by molar-refractivity contribution is -0.113. The molecule has 0 saturated carbocycles. The Balaban J connectivity index is 1.28. The van der Waals surface area contributed by atoms with Gasteiger partial charge in [-0.1, -0.05) is 23.1 Å². The number of sulfonamides is 1. The molecule has 1 aliphatic heterocycles. The van der Waals surface area contributed by atoms with Crippen molar-refractivity contribution in [1.82, 2.24) is 34.6 Å². The minimum atomic E-state index is -3.58. The van der Waals surface area contributed by atoms with E-state index in [1.165, 1.54) is 64.2 Å². The molecular formula is C25H25FN8O4S3. The molecule has 1 aliphatic rings. The maximum atomic E-state index is 13.6. The maximum Gasteiger partial charge on any atom is 0.251 e. The van der Waals surface area contributed by atoms with E-state index in [0.717, 1.165) is 29.6 Å². The summed E-state index contributed by atoms with van der Waals surface area (Å²) >= 11 is 2.37. The molecule has 1 saturated heterocycles. The van der Waals surface area contributed by atoms with Crippen LogP contribution in [-0.2, 0) is 21.4 Å². The molecule has 0 bridgehead atoms. The lowest BCUT2D eigenvalue weighted by Gasteiger charge is -2.15. The van der Waals surface area contributed by atoms with Crippen LogP contribution in [0.1, 0.15) is 34.0 Å². The zero-order valence-electron chi connectivity index (χ0n) is 21.8. The van der Waals surface area contributed by atoms with E-state index in [1.807, 2.05) is 0 Å². The molecule has 3 heterocycles. The van der Waals surface area contributed by atoms with Crippen LogP contribution in [0.15, 0.2) is 58.6 Å². The Kier molecular flexibility index (Phi) is 8.72. The Morgan fingerprint density at radius 3 is 2.37 bits per heavy atom. The quantitative estimate of drug-likeness (QED) is 0.256. The highest BCUT2D eigenvalue weighted by molar-refractivity contribution is 7.99. The number of hydrogen-bond donors (Lipinski definition) is 2. The molecule has 2 aromatic heterocycles. The van der Waals surface area contributed by atoms with Gasteiger partial charge in [-0.2, -0.15) is 4.31 Å². The van der Waals surface area contributed by atoms with Crippen LogP contribution in [0.3, 0.4) is 0 Å². The summed E-state index contributed by atoms with van der Waals surface area (Å²) in [7, 11) is -3.58. The molecule has 0 radical (unpaired) electrons. The Morgan fingerprint density at radius 1 is 1.00 bits per heavy atom. The minimum absolute atomic E-state index is 0.00298. The highest BCUT2D eigenvalue weighted by Crippen LogP contribution is 2.24. The predicted octanol–water partition coefficient (Wildman–Crippen LogP) is 3.01. The second kappa shape index (κ2) is 12.4. The monoisotopic (exact) mass is 616 g/mol. The SMILES string of the molecule is Cc1nnc(NC(=O)CSc2nnc(CNC(=O)c3ccc(S(=O)(=O)N4CCCC4)cc3)n2-c2ccc(F)cc2)s1. The second-order valence-corrected chi connectivity index (χ2v) is 13.1. The molecule has 0 aliphatic carbocycles. The van der Waals surface area contributed by atoms with Gasteiger partial charge in [0.1, 0.15) is 10.8 Å². The highest BCUT2D eigenvalue weighted by Gasteiger charge is 2.27. The third kappa shape index (κ3) is 6.78. The molecule has 0 spiro atoms. The molecule has 41 heavy (non-hydrogen) atoms. The zero-order chi connectivity index (χ0) is 29.0. The molecule has 2 amide bonds. The number of hydrogen-bond acceptors (Lipinski definition) is 10. The van der Waals surface area contributed by atoms with E-state index >= 15 is 0 Å². The number of thioether (sulfide) groups is 1. The molecular weight excluding hydrogens is 592 g/mol. The fourth-order valence-electron chi connectivity index (χ4n) is 4.11. The van der Waals surface area contributed by atoms with E-state index < -0.39 is 21.7 Å². The van der Waals surface area contributed by atoms with Gasteiger partial charge in [0.15, 0.2) is 11.0 Å². The number of aryl methyl sites for hydroxylation is 1. The van der Waals surface area contributed by atoms with Crippen molar-refractivity contribution in [2.24, 2.45) is 0 Å². The fourth-order valence-corrected chi connectivity index (χ4v) is 7.00. The van der Waals surface area contributed by atoms with Gasteiger partial charge in [0.05, 0.1) is 17.2 Å². The van der Waals surface area contributed by atoms with E-state index in [-0.39, 0.29) is 28.7 Å². The van der Waals surface area contributed by atoms with Gasteiger partial charge in [-0.05, 0) is 68.3 Å². The van der Waals surface area contributed by atoms with Gasteiger partial charge in [0.25, 0.3) is 5.91 Å². The summed E-state index contributed by atoms with van der Waals surface area (Å²) in [5, 5.41) is 23.0. The second-order valence-electron chi connectivity index (χ2n) is 8.99. The van der Waals surface area contributed by atoms with Crippen molar-refractivity contribution in [1.29, 1.82) is 0 Å². The van der Waals surface area contributed by atoms with Gasteiger partial charge in [0, 0.05) is 24.3 Å². The summed E-state index contributed by atoms with van der Waals surface area (Å²) in [6, 6.07) is 11.4. The summed E-state index contributed by atoms with van der Waals surface area (Å²) in [4.78, 5) is 25.4. The largest absolute Gasteiger partial charge is 0.345 e. The standard InChI is InChI=1S/C25H25FN8O4S3/c1-16-29-31-24(40-16)28-22(35)15-39-25-32-30-21(34(25)19-8-6-18(26)7-9-19)14-27-23(36)17-4-10-20(11-5-17)41(37,38)33-12-2-3-13-33/h4-11H,2-3,12-15H2,1H3,(H,27,36)(H,28,31,35). The van der Waals surface area contributed by atoms with E-state index in [0.29, 0.717) is 34.9 Å². The van der Waals surface area contributed by atoms with Gasteiger partial charge in [-0.3, -0.25) is 19.5 Å². The van der Waals surface area contributed by atoms with E-state index in [4.69, 9.17) is 0 Å². The van der Waals surface area contributed by atoms with Crippen LogP contribution in [0.5, 0.6) is 0 Å². The van der Waals surface area contributed by atoms with Crippen LogP contribution < -0.4 is 10.6 Å². The summed E-state index contributed by atoms with van der Waals surface area (Å²) in [5.41, 5.74) is 0.816. The van der Waals surface area contributed by atoms with Crippen LogP contribution in [0.4, 0.5) is 9.52 Å². The van der Waals surface area contributed by atoms with Crippen LogP contribution >= 0.6 is 23.1 Å². The van der Waals surface area contributed by atoms with Crippen molar-refractivity contribution in [2.75, 3.05) is 24.2 Å². The molecule has 0 unspecified atom stereocenters. The first-order valence-electron chi connectivity index (χ1n) is 12.5. The molecule has 12 nitrogen and oxygen atoms in total. The molecule has 214 valence electrons. The number of carbonyl (C=O) groups excluding carboxylic acids is 2. The Morgan fingerprint density at radius 2 is 1.71 bits per heavy atom. The van der Waals surface area contributed by atoms with E-state index in [1.54, 1.807) is 11.5 Å². The number of carbonyl (C=O) groups is 2.